The Hall–Kier alpha value is -1.55. The third kappa shape index (κ3) is 2.17. The Bertz CT molecular complexity index is 455. The number of carboxylic acids is 1. The molecule has 0 spiro atoms. The SMILES string of the molecule is O=C(O)CC1Cc2cc(Cl)ccc2C(=O)O1. The lowest BCUT2D eigenvalue weighted by Gasteiger charge is -2.23. The van der Waals surface area contributed by atoms with Crippen molar-refractivity contribution in [3.05, 3.63) is 34.3 Å². The van der Waals surface area contributed by atoms with Crippen LogP contribution in [0, 0.1) is 0 Å². The van der Waals surface area contributed by atoms with Gasteiger partial charge in [0, 0.05) is 11.4 Å². The first-order chi connectivity index (χ1) is 7.56. The van der Waals surface area contributed by atoms with Crippen molar-refractivity contribution in [3.63, 3.8) is 0 Å². The Morgan fingerprint density at radius 3 is 3.00 bits per heavy atom. The van der Waals surface area contributed by atoms with Crippen LogP contribution < -0.4 is 0 Å². The second-order valence-electron chi connectivity index (χ2n) is 3.63. The van der Waals surface area contributed by atoms with Gasteiger partial charge < -0.3 is 9.84 Å². The van der Waals surface area contributed by atoms with Crippen LogP contribution in [0.25, 0.3) is 0 Å². The lowest BCUT2D eigenvalue weighted by molar-refractivity contribution is -0.139. The maximum atomic E-state index is 11.5. The summed E-state index contributed by atoms with van der Waals surface area (Å²) in [5.74, 6) is -1.47. The molecule has 84 valence electrons. The molecule has 1 aliphatic rings. The molecule has 1 atom stereocenters. The van der Waals surface area contributed by atoms with Crippen molar-refractivity contribution in [1.29, 1.82) is 0 Å². The normalized spacial score (nSPS) is 18.8. The summed E-state index contributed by atoms with van der Waals surface area (Å²) in [5, 5.41) is 9.17. The third-order valence-corrected chi connectivity index (χ3v) is 2.65. The van der Waals surface area contributed by atoms with Crippen LogP contribution in [0.3, 0.4) is 0 Å². The van der Waals surface area contributed by atoms with E-state index in [-0.39, 0.29) is 6.42 Å². The van der Waals surface area contributed by atoms with Gasteiger partial charge in [-0.15, -0.1) is 0 Å². The third-order valence-electron chi connectivity index (χ3n) is 2.41. The average Bonchev–Trinajstić information content (AvgIpc) is 2.15. The molecule has 0 saturated heterocycles. The first-order valence-electron chi connectivity index (χ1n) is 4.77. The minimum absolute atomic E-state index is 0.183. The number of carbonyl (C=O) groups is 2. The molecular formula is C11H9ClO4. The number of ether oxygens (including phenoxy) is 1. The van der Waals surface area contributed by atoms with Gasteiger partial charge in [0.1, 0.15) is 6.10 Å². The minimum Gasteiger partial charge on any atom is -0.481 e. The zero-order valence-corrected chi connectivity index (χ0v) is 9.03. The largest absolute Gasteiger partial charge is 0.481 e. The molecule has 16 heavy (non-hydrogen) atoms. The van der Waals surface area contributed by atoms with Crippen molar-refractivity contribution in [2.24, 2.45) is 0 Å². The number of esters is 1. The molecule has 0 saturated carbocycles. The zero-order valence-electron chi connectivity index (χ0n) is 8.27. The fraction of sp³-hybridized carbons (Fsp3) is 0.273. The molecular weight excluding hydrogens is 232 g/mol. The molecule has 0 aliphatic carbocycles. The van der Waals surface area contributed by atoms with Crippen LogP contribution in [0.4, 0.5) is 0 Å². The van der Waals surface area contributed by atoms with Gasteiger partial charge in [-0.05, 0) is 23.8 Å². The maximum absolute atomic E-state index is 11.5. The van der Waals surface area contributed by atoms with Crippen LogP contribution in [0.2, 0.25) is 5.02 Å². The Labute approximate surface area is 96.8 Å². The number of benzene rings is 1. The highest BCUT2D eigenvalue weighted by atomic mass is 35.5. The number of carbonyl (C=O) groups excluding carboxylic acids is 1. The zero-order chi connectivity index (χ0) is 11.7. The maximum Gasteiger partial charge on any atom is 0.338 e. The molecule has 2 rings (SSSR count). The quantitative estimate of drug-likeness (QED) is 0.802. The van der Waals surface area contributed by atoms with Crippen molar-refractivity contribution in [2.45, 2.75) is 18.9 Å². The van der Waals surface area contributed by atoms with Crippen LogP contribution in [0.5, 0.6) is 0 Å². The van der Waals surface area contributed by atoms with Gasteiger partial charge >= 0.3 is 11.9 Å². The van der Waals surface area contributed by atoms with E-state index in [1.54, 1.807) is 18.2 Å². The second-order valence-corrected chi connectivity index (χ2v) is 4.07. The molecule has 0 radical (unpaired) electrons. The van der Waals surface area contributed by atoms with Crippen LogP contribution in [-0.4, -0.2) is 23.1 Å². The Balaban J connectivity index is 2.27. The van der Waals surface area contributed by atoms with Crippen LogP contribution in [0.1, 0.15) is 22.3 Å². The van der Waals surface area contributed by atoms with Crippen LogP contribution in [-0.2, 0) is 16.0 Å². The summed E-state index contributed by atoms with van der Waals surface area (Å²) in [6.45, 7) is 0. The molecule has 1 heterocycles. The van der Waals surface area contributed by atoms with Gasteiger partial charge in [0.15, 0.2) is 0 Å². The fourth-order valence-corrected chi connectivity index (χ4v) is 1.94. The van der Waals surface area contributed by atoms with E-state index in [1.165, 1.54) is 0 Å². The van der Waals surface area contributed by atoms with Crippen LogP contribution in [0.15, 0.2) is 18.2 Å². The highest BCUT2D eigenvalue weighted by Crippen LogP contribution is 2.25. The number of halogens is 1. The standard InChI is InChI=1S/C11H9ClO4/c12-7-1-2-9-6(3-7)4-8(5-10(13)14)16-11(9)15/h1-3,8H,4-5H2,(H,13,14). The van der Waals surface area contributed by atoms with E-state index in [9.17, 15) is 9.59 Å². The van der Waals surface area contributed by atoms with Crippen molar-refractivity contribution in [1.82, 2.24) is 0 Å². The summed E-state index contributed by atoms with van der Waals surface area (Å²) in [6, 6.07) is 4.88. The summed E-state index contributed by atoms with van der Waals surface area (Å²) in [7, 11) is 0. The predicted molar refractivity (Wildman–Crippen MR) is 56.6 cm³/mol. The molecule has 1 aliphatic heterocycles. The number of carboxylic acid groups (broad SMARTS) is 1. The van der Waals surface area contributed by atoms with E-state index in [4.69, 9.17) is 21.4 Å². The van der Waals surface area contributed by atoms with E-state index in [1.807, 2.05) is 0 Å². The number of fused-ring (bicyclic) bond motifs is 1. The molecule has 0 aromatic heterocycles. The smallest absolute Gasteiger partial charge is 0.338 e. The van der Waals surface area contributed by atoms with Gasteiger partial charge in [-0.3, -0.25) is 4.79 Å². The van der Waals surface area contributed by atoms with Crippen molar-refractivity contribution < 1.29 is 19.4 Å². The van der Waals surface area contributed by atoms with Crippen molar-refractivity contribution in [3.8, 4) is 0 Å². The summed E-state index contributed by atoms with van der Waals surface area (Å²) in [6.07, 6.45) is -0.387. The van der Waals surface area contributed by atoms with Gasteiger partial charge in [-0.1, -0.05) is 11.6 Å². The Kier molecular flexibility index (Phi) is 2.83. The first kappa shape index (κ1) is 11.0. The average molecular weight is 241 g/mol. The monoisotopic (exact) mass is 240 g/mol. The number of hydrogen-bond donors (Lipinski definition) is 1. The van der Waals surface area contributed by atoms with E-state index in [0.29, 0.717) is 17.0 Å². The molecule has 0 bridgehead atoms. The molecule has 1 unspecified atom stereocenters. The highest BCUT2D eigenvalue weighted by Gasteiger charge is 2.27. The summed E-state index contributed by atoms with van der Waals surface area (Å²) >= 11 is 5.81. The molecule has 0 fully saturated rings. The Morgan fingerprint density at radius 2 is 2.31 bits per heavy atom. The van der Waals surface area contributed by atoms with E-state index >= 15 is 0 Å². The van der Waals surface area contributed by atoms with Gasteiger partial charge in [0.2, 0.25) is 0 Å². The lowest BCUT2D eigenvalue weighted by Crippen LogP contribution is -2.29. The molecule has 1 N–H and O–H groups in total. The van der Waals surface area contributed by atoms with Crippen LogP contribution >= 0.6 is 11.6 Å². The summed E-state index contributed by atoms with van der Waals surface area (Å²) in [4.78, 5) is 22.1. The number of aliphatic carboxylic acids is 1. The number of rotatable bonds is 2. The van der Waals surface area contributed by atoms with E-state index in [2.05, 4.69) is 0 Å². The lowest BCUT2D eigenvalue weighted by atomic mass is 9.97. The van der Waals surface area contributed by atoms with E-state index in [0.717, 1.165) is 5.56 Å². The molecule has 5 heteroatoms. The second kappa shape index (κ2) is 4.14. The van der Waals surface area contributed by atoms with Gasteiger partial charge in [0.25, 0.3) is 0 Å². The number of cyclic esters (lactones) is 1. The minimum atomic E-state index is -0.983. The predicted octanol–water partition coefficient (Wildman–Crippen LogP) is 1.90. The highest BCUT2D eigenvalue weighted by molar-refractivity contribution is 6.30. The summed E-state index contributed by atoms with van der Waals surface area (Å²) in [5.41, 5.74) is 1.21. The molecule has 1 aromatic rings. The van der Waals surface area contributed by atoms with Gasteiger partial charge in [-0.2, -0.15) is 0 Å². The van der Waals surface area contributed by atoms with Gasteiger partial charge in [0.05, 0.1) is 12.0 Å². The molecule has 1 aromatic carbocycles. The summed E-state index contributed by atoms with van der Waals surface area (Å²) < 4.78 is 5.00. The molecule has 0 amide bonds. The Morgan fingerprint density at radius 1 is 1.56 bits per heavy atom. The van der Waals surface area contributed by atoms with Gasteiger partial charge in [-0.25, -0.2) is 4.79 Å². The topological polar surface area (TPSA) is 63.6 Å². The van der Waals surface area contributed by atoms with Crippen molar-refractivity contribution in [2.75, 3.05) is 0 Å². The molecule has 4 nitrogen and oxygen atoms in total. The number of hydrogen-bond acceptors (Lipinski definition) is 3. The fourth-order valence-electron chi connectivity index (χ4n) is 1.74. The first-order valence-corrected chi connectivity index (χ1v) is 5.15. The van der Waals surface area contributed by atoms with E-state index < -0.39 is 18.0 Å². The van der Waals surface area contributed by atoms with Crippen molar-refractivity contribution >= 4 is 23.5 Å².